The van der Waals surface area contributed by atoms with Crippen LogP contribution in [0.15, 0.2) is 0 Å². The van der Waals surface area contributed by atoms with Gasteiger partial charge in [0.2, 0.25) is 0 Å². The van der Waals surface area contributed by atoms with Crippen LogP contribution in [0.2, 0.25) is 0 Å². The molecule has 0 heterocycles. The maximum atomic E-state index is 12.1. The van der Waals surface area contributed by atoms with Gasteiger partial charge in [0.1, 0.15) is 21.1 Å². The van der Waals surface area contributed by atoms with Crippen LogP contribution in [0.5, 0.6) is 0 Å². The van der Waals surface area contributed by atoms with E-state index >= 15 is 0 Å². The molecule has 0 saturated heterocycles. The van der Waals surface area contributed by atoms with Crippen LogP contribution < -0.4 is 12.4 Å². The van der Waals surface area contributed by atoms with Gasteiger partial charge in [0, 0.05) is 0 Å². The fraction of sp³-hybridized carbons (Fsp3) is 0.950. The molecular formula is C20H42ClNO2. The minimum atomic E-state index is -0.0689. The number of halogens is 1. The van der Waals surface area contributed by atoms with Crippen molar-refractivity contribution in [2.24, 2.45) is 23.7 Å². The standard InChI is InChI=1S/C20H42NO2.ClH/c1-9-17(4)11-10-12-18(5)13-14-19(16(2)3)15-20(22)23-21(6,7)8;/h16-19H,9-15H2,1-8H3;1H/q+1;/p-1. The number of hydrogen-bond donors (Lipinski definition) is 0. The van der Waals surface area contributed by atoms with Crippen LogP contribution in [0.3, 0.4) is 0 Å². The van der Waals surface area contributed by atoms with Crippen LogP contribution in [-0.4, -0.2) is 31.8 Å². The van der Waals surface area contributed by atoms with Crippen LogP contribution in [0.1, 0.15) is 79.6 Å². The third-order valence-electron chi connectivity index (χ3n) is 4.87. The van der Waals surface area contributed by atoms with Crippen molar-refractivity contribution in [1.82, 2.24) is 0 Å². The summed E-state index contributed by atoms with van der Waals surface area (Å²) in [6, 6.07) is 0. The SMILES string of the molecule is CCC(C)CCCC(C)CCC(CC(=O)O[N+](C)(C)C)C(C)C.[Cl-]. The molecule has 0 aliphatic carbocycles. The number of hydrogen-bond acceptors (Lipinski definition) is 2. The fourth-order valence-electron chi connectivity index (χ4n) is 2.89. The summed E-state index contributed by atoms with van der Waals surface area (Å²) in [6.45, 7) is 11.4. The highest BCUT2D eigenvalue weighted by Gasteiger charge is 2.23. The van der Waals surface area contributed by atoms with Crippen LogP contribution in [0.25, 0.3) is 0 Å². The average Bonchev–Trinajstić information content (AvgIpc) is 2.40. The molecule has 3 unspecified atom stereocenters. The summed E-state index contributed by atoms with van der Waals surface area (Å²) >= 11 is 0. The number of nitrogens with zero attached hydrogens (tertiary/aromatic N) is 1. The van der Waals surface area contributed by atoms with E-state index in [1.165, 1.54) is 32.1 Å². The Morgan fingerprint density at radius 1 is 0.917 bits per heavy atom. The maximum absolute atomic E-state index is 12.1. The molecule has 0 aromatic heterocycles. The van der Waals surface area contributed by atoms with Crippen molar-refractivity contribution in [2.45, 2.75) is 79.6 Å². The third-order valence-corrected chi connectivity index (χ3v) is 4.87. The Kier molecular flexibility index (Phi) is 14.1. The molecular weight excluding hydrogens is 322 g/mol. The molecule has 0 aliphatic heterocycles. The first-order valence-electron chi connectivity index (χ1n) is 9.59. The number of carbonyl (C=O) groups excluding carboxylic acids is 1. The molecule has 0 N–H and O–H groups in total. The number of carbonyl (C=O) groups is 1. The van der Waals surface area contributed by atoms with Gasteiger partial charge in [-0.15, -0.1) is 4.65 Å². The zero-order chi connectivity index (χ0) is 18.0. The quantitative estimate of drug-likeness (QED) is 0.393. The van der Waals surface area contributed by atoms with Crippen molar-refractivity contribution in [1.29, 1.82) is 0 Å². The topological polar surface area (TPSA) is 26.3 Å². The van der Waals surface area contributed by atoms with E-state index < -0.39 is 0 Å². The Bertz CT molecular complexity index is 326. The number of rotatable bonds is 12. The number of quaternary nitrogens is 1. The second-order valence-electron chi connectivity index (χ2n) is 8.69. The van der Waals surface area contributed by atoms with E-state index in [2.05, 4.69) is 34.6 Å². The van der Waals surface area contributed by atoms with Crippen LogP contribution in [0, 0.1) is 23.7 Å². The lowest BCUT2D eigenvalue weighted by molar-refractivity contribution is -1.04. The van der Waals surface area contributed by atoms with Gasteiger partial charge in [-0.05, 0) is 30.1 Å². The molecule has 4 heteroatoms. The van der Waals surface area contributed by atoms with Crippen molar-refractivity contribution in [3.63, 3.8) is 0 Å². The molecule has 0 spiro atoms. The van der Waals surface area contributed by atoms with Gasteiger partial charge in [0.15, 0.2) is 0 Å². The van der Waals surface area contributed by atoms with Crippen molar-refractivity contribution < 1.29 is 26.7 Å². The lowest BCUT2D eigenvalue weighted by Gasteiger charge is -2.25. The molecule has 0 fully saturated rings. The molecule has 0 saturated carbocycles. The molecule has 3 nitrogen and oxygen atoms in total. The van der Waals surface area contributed by atoms with Gasteiger partial charge in [0.05, 0.1) is 6.42 Å². The maximum Gasteiger partial charge on any atom is 0.366 e. The van der Waals surface area contributed by atoms with E-state index in [4.69, 9.17) is 4.84 Å². The zero-order valence-corrected chi connectivity index (χ0v) is 18.2. The average molecular weight is 364 g/mol. The van der Waals surface area contributed by atoms with Gasteiger partial charge in [-0.1, -0.05) is 66.7 Å². The predicted octanol–water partition coefficient (Wildman–Crippen LogP) is 2.45. The summed E-state index contributed by atoms with van der Waals surface area (Å²) in [4.78, 5) is 17.5. The van der Waals surface area contributed by atoms with Crippen LogP contribution in [0.4, 0.5) is 0 Å². The summed E-state index contributed by atoms with van der Waals surface area (Å²) in [5.74, 6) is 2.51. The van der Waals surface area contributed by atoms with Crippen LogP contribution in [-0.2, 0) is 9.63 Å². The summed E-state index contributed by atoms with van der Waals surface area (Å²) in [7, 11) is 5.63. The van der Waals surface area contributed by atoms with Gasteiger partial charge < -0.3 is 12.4 Å². The zero-order valence-electron chi connectivity index (χ0n) is 17.4. The third kappa shape index (κ3) is 14.1. The van der Waals surface area contributed by atoms with E-state index in [0.717, 1.165) is 18.3 Å². The molecule has 24 heavy (non-hydrogen) atoms. The normalized spacial score (nSPS) is 15.5. The molecule has 0 aromatic carbocycles. The first kappa shape index (κ1) is 26.0. The second kappa shape index (κ2) is 13.0. The monoisotopic (exact) mass is 363 g/mol. The Morgan fingerprint density at radius 3 is 1.92 bits per heavy atom. The van der Waals surface area contributed by atoms with E-state index in [-0.39, 0.29) is 23.0 Å². The fourth-order valence-corrected chi connectivity index (χ4v) is 2.89. The minimum Gasteiger partial charge on any atom is -1.00 e. The van der Waals surface area contributed by atoms with E-state index in [1.54, 1.807) is 0 Å². The Hall–Kier alpha value is -0.280. The van der Waals surface area contributed by atoms with Gasteiger partial charge in [-0.3, -0.25) is 4.84 Å². The second-order valence-corrected chi connectivity index (χ2v) is 8.69. The molecule has 0 radical (unpaired) electrons. The highest BCUT2D eigenvalue weighted by molar-refractivity contribution is 5.68. The van der Waals surface area contributed by atoms with Gasteiger partial charge in [0.25, 0.3) is 0 Å². The molecule has 0 bridgehead atoms. The first-order valence-corrected chi connectivity index (χ1v) is 9.59. The molecule has 146 valence electrons. The highest BCUT2D eigenvalue weighted by atomic mass is 35.5. The Balaban J connectivity index is 0. The summed E-state index contributed by atoms with van der Waals surface area (Å²) < 4.78 is 0.246. The summed E-state index contributed by atoms with van der Waals surface area (Å²) in [6.07, 6.45) is 8.20. The number of hydroxylamine groups is 3. The first-order chi connectivity index (χ1) is 10.5. The van der Waals surface area contributed by atoms with Crippen LogP contribution >= 0.6 is 0 Å². The van der Waals surface area contributed by atoms with E-state index in [1.807, 2.05) is 21.1 Å². The minimum absolute atomic E-state index is 0. The Morgan fingerprint density at radius 2 is 1.46 bits per heavy atom. The lowest BCUT2D eigenvalue weighted by atomic mass is 9.84. The van der Waals surface area contributed by atoms with Crippen molar-refractivity contribution in [2.75, 3.05) is 21.1 Å². The van der Waals surface area contributed by atoms with Gasteiger partial charge in [-0.2, -0.15) is 0 Å². The lowest BCUT2D eigenvalue weighted by Crippen LogP contribution is -3.00. The summed E-state index contributed by atoms with van der Waals surface area (Å²) in [5, 5.41) is 0. The van der Waals surface area contributed by atoms with E-state index in [9.17, 15) is 4.79 Å². The van der Waals surface area contributed by atoms with Gasteiger partial charge >= 0.3 is 5.97 Å². The van der Waals surface area contributed by atoms with Crippen molar-refractivity contribution >= 4 is 5.97 Å². The Labute approximate surface area is 157 Å². The van der Waals surface area contributed by atoms with Crippen molar-refractivity contribution in [3.05, 3.63) is 0 Å². The largest absolute Gasteiger partial charge is 1.00 e. The predicted molar refractivity (Wildman–Crippen MR) is 98.8 cm³/mol. The molecule has 0 amide bonds. The molecule has 0 aromatic rings. The van der Waals surface area contributed by atoms with Crippen molar-refractivity contribution in [3.8, 4) is 0 Å². The summed E-state index contributed by atoms with van der Waals surface area (Å²) in [5.41, 5.74) is 0. The smallest absolute Gasteiger partial charge is 0.366 e. The molecule has 3 atom stereocenters. The highest BCUT2D eigenvalue weighted by Crippen LogP contribution is 2.26. The van der Waals surface area contributed by atoms with Gasteiger partial charge in [-0.25, -0.2) is 4.79 Å². The molecule has 0 rings (SSSR count). The molecule has 0 aliphatic rings. The van der Waals surface area contributed by atoms with E-state index in [0.29, 0.717) is 18.3 Å².